The molecule has 0 aromatic heterocycles. The summed E-state index contributed by atoms with van der Waals surface area (Å²) in [5, 5.41) is 2.86. The predicted molar refractivity (Wildman–Crippen MR) is 121 cm³/mol. The van der Waals surface area contributed by atoms with E-state index in [2.05, 4.69) is 11.4 Å². The molecule has 0 radical (unpaired) electrons. The van der Waals surface area contributed by atoms with Crippen LogP contribution < -0.4 is 10.1 Å². The van der Waals surface area contributed by atoms with Gasteiger partial charge in [-0.25, -0.2) is 0 Å². The number of nitrogens with one attached hydrogen (secondary N) is 1. The monoisotopic (exact) mass is 414 g/mol. The summed E-state index contributed by atoms with van der Waals surface area (Å²) in [7, 11) is 0. The van der Waals surface area contributed by atoms with Gasteiger partial charge < -0.3 is 15.0 Å². The average molecular weight is 415 g/mol. The summed E-state index contributed by atoms with van der Waals surface area (Å²) in [4.78, 5) is 26.2. The second-order valence-corrected chi connectivity index (χ2v) is 7.88. The molecule has 2 rings (SSSR count). The molecule has 0 aliphatic heterocycles. The normalized spacial score (nSPS) is 10.5. The van der Waals surface area contributed by atoms with E-state index in [0.29, 0.717) is 36.7 Å². The van der Waals surface area contributed by atoms with Gasteiger partial charge in [0.2, 0.25) is 5.91 Å². The number of benzene rings is 2. The van der Waals surface area contributed by atoms with E-state index in [1.165, 1.54) is 17.3 Å². The van der Waals surface area contributed by atoms with Gasteiger partial charge in [0.05, 0.1) is 12.4 Å². The van der Waals surface area contributed by atoms with Crippen molar-refractivity contribution in [2.75, 3.05) is 36.5 Å². The van der Waals surface area contributed by atoms with Gasteiger partial charge in [0.15, 0.2) is 0 Å². The van der Waals surface area contributed by atoms with E-state index in [-0.39, 0.29) is 11.8 Å². The molecule has 29 heavy (non-hydrogen) atoms. The first kappa shape index (κ1) is 22.8. The Labute approximate surface area is 177 Å². The number of rotatable bonds is 10. The van der Waals surface area contributed by atoms with Gasteiger partial charge in [0, 0.05) is 30.1 Å². The van der Waals surface area contributed by atoms with Crippen molar-refractivity contribution in [3.63, 3.8) is 0 Å². The minimum absolute atomic E-state index is 0.00674. The third-order valence-corrected chi connectivity index (χ3v) is 5.45. The van der Waals surface area contributed by atoms with Crippen LogP contribution in [0.2, 0.25) is 0 Å². The van der Waals surface area contributed by atoms with Crippen molar-refractivity contribution in [3.05, 3.63) is 59.2 Å². The van der Waals surface area contributed by atoms with Crippen LogP contribution in [0, 0.1) is 13.8 Å². The maximum atomic E-state index is 12.3. The SMILES string of the molecule is CCN(CC)C(=O)c1ccc(NC(=O)CSCCOc2cc(C)ccc2C)cc1. The van der Waals surface area contributed by atoms with Crippen molar-refractivity contribution in [1.29, 1.82) is 0 Å². The van der Waals surface area contributed by atoms with Crippen LogP contribution in [0.15, 0.2) is 42.5 Å². The summed E-state index contributed by atoms with van der Waals surface area (Å²) >= 11 is 1.53. The lowest BCUT2D eigenvalue weighted by molar-refractivity contribution is -0.113. The largest absolute Gasteiger partial charge is 0.492 e. The van der Waals surface area contributed by atoms with Gasteiger partial charge in [-0.2, -0.15) is 0 Å². The molecular formula is C23H30N2O3S. The van der Waals surface area contributed by atoms with Crippen LogP contribution in [-0.4, -0.2) is 47.9 Å². The van der Waals surface area contributed by atoms with Crippen molar-refractivity contribution >= 4 is 29.3 Å². The van der Waals surface area contributed by atoms with E-state index in [9.17, 15) is 9.59 Å². The molecule has 6 heteroatoms. The van der Waals surface area contributed by atoms with Crippen molar-refractivity contribution in [2.24, 2.45) is 0 Å². The highest BCUT2D eigenvalue weighted by molar-refractivity contribution is 7.99. The number of aryl methyl sites for hydroxylation is 2. The summed E-state index contributed by atoms with van der Waals surface area (Å²) in [6.07, 6.45) is 0. The minimum Gasteiger partial charge on any atom is -0.492 e. The molecule has 0 aliphatic carbocycles. The van der Waals surface area contributed by atoms with Crippen molar-refractivity contribution in [1.82, 2.24) is 4.90 Å². The molecule has 0 bridgehead atoms. The van der Waals surface area contributed by atoms with E-state index in [0.717, 1.165) is 17.1 Å². The zero-order chi connectivity index (χ0) is 21.2. The molecule has 0 unspecified atom stereocenters. The number of ether oxygens (including phenoxy) is 1. The summed E-state index contributed by atoms with van der Waals surface area (Å²) in [5.41, 5.74) is 3.60. The lowest BCUT2D eigenvalue weighted by Gasteiger charge is -2.18. The average Bonchev–Trinajstić information content (AvgIpc) is 2.71. The molecule has 0 fully saturated rings. The standard InChI is InChI=1S/C23H30N2O3S/c1-5-25(6-2)23(27)19-9-11-20(12-10-19)24-22(26)16-29-14-13-28-21-15-17(3)7-8-18(21)4/h7-12,15H,5-6,13-14,16H2,1-4H3,(H,24,26). The molecule has 2 amide bonds. The second-order valence-electron chi connectivity index (χ2n) is 6.77. The van der Waals surface area contributed by atoms with Gasteiger partial charge in [-0.05, 0) is 69.2 Å². The molecule has 1 N–H and O–H groups in total. The third-order valence-electron chi connectivity index (χ3n) is 4.53. The number of carbonyl (C=O) groups excluding carboxylic acids is 2. The number of hydrogen-bond acceptors (Lipinski definition) is 4. The Kier molecular flexibility index (Phi) is 9.06. The van der Waals surface area contributed by atoms with Crippen LogP contribution in [0.4, 0.5) is 5.69 Å². The number of nitrogens with zero attached hydrogens (tertiary/aromatic N) is 1. The second kappa shape index (κ2) is 11.5. The topological polar surface area (TPSA) is 58.6 Å². The van der Waals surface area contributed by atoms with Gasteiger partial charge >= 0.3 is 0 Å². The van der Waals surface area contributed by atoms with Gasteiger partial charge in [0.1, 0.15) is 5.75 Å². The van der Waals surface area contributed by atoms with Gasteiger partial charge in [-0.1, -0.05) is 12.1 Å². The quantitative estimate of drug-likeness (QED) is 0.580. The number of thioether (sulfide) groups is 1. The van der Waals surface area contributed by atoms with E-state index >= 15 is 0 Å². The van der Waals surface area contributed by atoms with Crippen molar-refractivity contribution < 1.29 is 14.3 Å². The van der Waals surface area contributed by atoms with E-state index in [1.807, 2.05) is 39.8 Å². The Bertz CT molecular complexity index is 817. The van der Waals surface area contributed by atoms with Crippen LogP contribution in [0.25, 0.3) is 0 Å². The maximum Gasteiger partial charge on any atom is 0.253 e. The Morgan fingerprint density at radius 3 is 2.38 bits per heavy atom. The zero-order valence-corrected chi connectivity index (χ0v) is 18.5. The molecule has 0 saturated heterocycles. The fourth-order valence-electron chi connectivity index (χ4n) is 2.82. The fraction of sp³-hybridized carbons (Fsp3) is 0.391. The van der Waals surface area contributed by atoms with Gasteiger partial charge in [0.25, 0.3) is 5.91 Å². The highest BCUT2D eigenvalue weighted by atomic mass is 32.2. The molecule has 0 spiro atoms. The summed E-state index contributed by atoms with van der Waals surface area (Å²) in [5.74, 6) is 1.93. The van der Waals surface area contributed by atoms with Crippen molar-refractivity contribution in [3.8, 4) is 5.75 Å². The van der Waals surface area contributed by atoms with E-state index < -0.39 is 0 Å². The first-order valence-corrected chi connectivity index (χ1v) is 11.1. The fourth-order valence-corrected chi connectivity index (χ4v) is 3.43. The van der Waals surface area contributed by atoms with Crippen LogP contribution in [0.3, 0.4) is 0 Å². The lowest BCUT2D eigenvalue weighted by Crippen LogP contribution is -2.30. The number of carbonyl (C=O) groups is 2. The van der Waals surface area contributed by atoms with Crippen LogP contribution in [0.5, 0.6) is 5.75 Å². The van der Waals surface area contributed by atoms with Gasteiger partial charge in [-0.15, -0.1) is 11.8 Å². The molecule has 0 heterocycles. The van der Waals surface area contributed by atoms with Crippen LogP contribution in [-0.2, 0) is 4.79 Å². The Hall–Kier alpha value is -2.47. The Morgan fingerprint density at radius 2 is 1.72 bits per heavy atom. The highest BCUT2D eigenvalue weighted by Gasteiger charge is 2.12. The Balaban J connectivity index is 1.72. The van der Waals surface area contributed by atoms with Crippen molar-refractivity contribution in [2.45, 2.75) is 27.7 Å². The number of amides is 2. The first-order chi connectivity index (χ1) is 13.9. The summed E-state index contributed by atoms with van der Waals surface area (Å²) in [6, 6.07) is 13.2. The summed E-state index contributed by atoms with van der Waals surface area (Å²) < 4.78 is 5.80. The molecular weight excluding hydrogens is 384 g/mol. The predicted octanol–water partition coefficient (Wildman–Crippen LogP) is 4.54. The maximum absolute atomic E-state index is 12.3. The lowest BCUT2D eigenvalue weighted by atomic mass is 10.1. The van der Waals surface area contributed by atoms with Crippen LogP contribution >= 0.6 is 11.8 Å². The smallest absolute Gasteiger partial charge is 0.253 e. The number of anilines is 1. The van der Waals surface area contributed by atoms with Crippen LogP contribution in [0.1, 0.15) is 35.3 Å². The molecule has 0 saturated carbocycles. The zero-order valence-electron chi connectivity index (χ0n) is 17.7. The third kappa shape index (κ3) is 7.13. The molecule has 0 aliphatic rings. The summed E-state index contributed by atoms with van der Waals surface area (Å²) in [6.45, 7) is 9.90. The molecule has 2 aromatic rings. The number of hydrogen-bond donors (Lipinski definition) is 1. The van der Waals surface area contributed by atoms with Gasteiger partial charge in [-0.3, -0.25) is 9.59 Å². The Morgan fingerprint density at radius 1 is 1.03 bits per heavy atom. The highest BCUT2D eigenvalue weighted by Crippen LogP contribution is 2.19. The molecule has 5 nitrogen and oxygen atoms in total. The molecule has 156 valence electrons. The molecule has 2 aromatic carbocycles. The van der Waals surface area contributed by atoms with E-state index in [1.54, 1.807) is 29.2 Å². The first-order valence-electron chi connectivity index (χ1n) is 9.91. The molecule has 0 atom stereocenters. The van der Waals surface area contributed by atoms with E-state index in [4.69, 9.17) is 4.74 Å². The minimum atomic E-state index is -0.0652.